The normalized spacial score (nSPS) is 17.9. The van der Waals surface area contributed by atoms with Crippen LogP contribution < -0.4 is 4.74 Å². The third-order valence-electron chi connectivity index (χ3n) is 4.72. The van der Waals surface area contributed by atoms with E-state index in [0.29, 0.717) is 22.0 Å². The minimum Gasteiger partial charge on any atom is -0.494 e. The lowest BCUT2D eigenvalue weighted by Crippen LogP contribution is -2.40. The monoisotopic (exact) mass is 495 g/mol. The highest BCUT2D eigenvalue weighted by Crippen LogP contribution is 2.35. The number of rotatable bonds is 5. The van der Waals surface area contributed by atoms with E-state index in [0.717, 1.165) is 0 Å². The predicted octanol–water partition coefficient (Wildman–Crippen LogP) is 5.14. The summed E-state index contributed by atoms with van der Waals surface area (Å²) in [6.07, 6.45) is 0.344. The molecule has 1 amide bonds. The maximum absolute atomic E-state index is 13.3. The molecule has 1 aliphatic rings. The van der Waals surface area contributed by atoms with E-state index in [1.807, 2.05) is 0 Å². The second-order valence-corrected chi connectivity index (χ2v) is 10.6. The third kappa shape index (κ3) is 5.12. The fourth-order valence-electron chi connectivity index (χ4n) is 3.27. The number of carbonyl (C=O) groups excluding carboxylic acids is 1. The topological polar surface area (TPSA) is 63.7 Å². The highest BCUT2D eigenvalue weighted by molar-refractivity contribution is 7.91. The molecule has 1 atom stereocenters. The SMILES string of the molecule is COc1c(Cl)cc(C(=O)N(Cc2ccc(Cl)cc2Cl)[C@H]2CCS(=O)(=O)C2)cc1Cl. The summed E-state index contributed by atoms with van der Waals surface area (Å²) >= 11 is 24.6. The lowest BCUT2D eigenvalue weighted by atomic mass is 10.1. The maximum atomic E-state index is 13.3. The number of benzene rings is 2. The summed E-state index contributed by atoms with van der Waals surface area (Å²) in [5.41, 5.74) is 0.884. The van der Waals surface area contributed by atoms with Crippen molar-refractivity contribution in [3.63, 3.8) is 0 Å². The minimum atomic E-state index is -3.21. The van der Waals surface area contributed by atoms with Crippen LogP contribution in [0.4, 0.5) is 0 Å². The zero-order valence-electron chi connectivity index (χ0n) is 15.3. The van der Waals surface area contributed by atoms with Crippen LogP contribution >= 0.6 is 46.4 Å². The maximum Gasteiger partial charge on any atom is 0.254 e. The molecule has 3 rings (SSSR count). The fourth-order valence-corrected chi connectivity index (χ4v) is 6.11. The van der Waals surface area contributed by atoms with E-state index in [4.69, 9.17) is 51.1 Å². The highest BCUT2D eigenvalue weighted by Gasteiger charge is 2.35. The summed E-state index contributed by atoms with van der Waals surface area (Å²) in [6, 6.07) is 7.37. The molecule has 0 aromatic heterocycles. The third-order valence-corrected chi connectivity index (χ3v) is 7.61. The summed E-state index contributed by atoms with van der Waals surface area (Å²) in [6.45, 7) is 0.121. The molecule has 1 heterocycles. The summed E-state index contributed by atoms with van der Waals surface area (Å²) in [7, 11) is -1.79. The van der Waals surface area contributed by atoms with Gasteiger partial charge in [-0.05, 0) is 36.2 Å². The van der Waals surface area contributed by atoms with Gasteiger partial charge in [0.1, 0.15) is 0 Å². The molecule has 10 heteroatoms. The van der Waals surface area contributed by atoms with Crippen LogP contribution in [0.2, 0.25) is 20.1 Å². The van der Waals surface area contributed by atoms with Gasteiger partial charge in [0, 0.05) is 28.2 Å². The fraction of sp³-hybridized carbons (Fsp3) is 0.316. The van der Waals surface area contributed by atoms with Crippen molar-refractivity contribution >= 4 is 62.1 Å². The Hall–Kier alpha value is -1.18. The zero-order valence-corrected chi connectivity index (χ0v) is 19.1. The molecular weight excluding hydrogens is 480 g/mol. The van der Waals surface area contributed by atoms with Gasteiger partial charge < -0.3 is 9.64 Å². The van der Waals surface area contributed by atoms with Gasteiger partial charge in [-0.25, -0.2) is 8.42 Å². The number of halogens is 4. The van der Waals surface area contributed by atoms with E-state index >= 15 is 0 Å². The molecule has 156 valence electrons. The van der Waals surface area contributed by atoms with Gasteiger partial charge in [-0.15, -0.1) is 0 Å². The van der Waals surface area contributed by atoms with Crippen LogP contribution in [-0.2, 0) is 16.4 Å². The Morgan fingerprint density at radius 3 is 2.28 bits per heavy atom. The number of methoxy groups -OCH3 is 1. The Kier molecular flexibility index (Phi) is 6.91. The van der Waals surface area contributed by atoms with Crippen LogP contribution in [0.5, 0.6) is 5.75 Å². The van der Waals surface area contributed by atoms with Gasteiger partial charge in [0.2, 0.25) is 0 Å². The lowest BCUT2D eigenvalue weighted by molar-refractivity contribution is 0.0681. The summed E-state index contributed by atoms with van der Waals surface area (Å²) in [5, 5.41) is 1.23. The molecule has 0 radical (unpaired) electrons. The molecule has 0 bridgehead atoms. The van der Waals surface area contributed by atoms with E-state index in [1.54, 1.807) is 18.2 Å². The van der Waals surface area contributed by atoms with E-state index in [2.05, 4.69) is 0 Å². The largest absolute Gasteiger partial charge is 0.494 e. The van der Waals surface area contributed by atoms with Crippen LogP contribution in [0.3, 0.4) is 0 Å². The molecule has 1 fully saturated rings. The van der Waals surface area contributed by atoms with E-state index in [1.165, 1.54) is 24.1 Å². The molecule has 1 aliphatic heterocycles. The van der Waals surface area contributed by atoms with Gasteiger partial charge in [0.25, 0.3) is 5.91 Å². The quantitative estimate of drug-likeness (QED) is 0.575. The Morgan fingerprint density at radius 1 is 1.10 bits per heavy atom. The molecule has 0 unspecified atom stereocenters. The molecule has 2 aromatic carbocycles. The molecular formula is C19H17Cl4NO4S. The highest BCUT2D eigenvalue weighted by atomic mass is 35.5. The van der Waals surface area contributed by atoms with E-state index < -0.39 is 21.8 Å². The van der Waals surface area contributed by atoms with Crippen LogP contribution in [-0.4, -0.2) is 43.9 Å². The number of hydrogen-bond acceptors (Lipinski definition) is 4. The van der Waals surface area contributed by atoms with Crippen molar-refractivity contribution in [3.05, 3.63) is 61.5 Å². The van der Waals surface area contributed by atoms with Crippen molar-refractivity contribution < 1.29 is 17.9 Å². The van der Waals surface area contributed by atoms with Crippen LogP contribution in [0.25, 0.3) is 0 Å². The average Bonchev–Trinajstić information content (AvgIpc) is 3.00. The first-order valence-corrected chi connectivity index (χ1v) is 11.9. The Morgan fingerprint density at radius 2 is 1.76 bits per heavy atom. The molecule has 0 aliphatic carbocycles. The van der Waals surface area contributed by atoms with Crippen molar-refractivity contribution in [2.45, 2.75) is 19.0 Å². The molecule has 0 spiro atoms. The van der Waals surface area contributed by atoms with Crippen molar-refractivity contribution in [1.82, 2.24) is 4.90 Å². The van der Waals surface area contributed by atoms with Crippen LogP contribution in [0, 0.1) is 0 Å². The molecule has 0 N–H and O–H groups in total. The summed E-state index contributed by atoms with van der Waals surface area (Å²) in [4.78, 5) is 14.8. The van der Waals surface area contributed by atoms with Crippen molar-refractivity contribution in [1.29, 1.82) is 0 Å². The van der Waals surface area contributed by atoms with Gasteiger partial charge in [0.15, 0.2) is 15.6 Å². The van der Waals surface area contributed by atoms with Crippen LogP contribution in [0.15, 0.2) is 30.3 Å². The lowest BCUT2D eigenvalue weighted by Gasteiger charge is -2.29. The van der Waals surface area contributed by atoms with Crippen molar-refractivity contribution in [2.24, 2.45) is 0 Å². The van der Waals surface area contributed by atoms with Gasteiger partial charge in [-0.1, -0.05) is 52.5 Å². The van der Waals surface area contributed by atoms with E-state index in [-0.39, 0.29) is 39.4 Å². The number of sulfone groups is 1. The number of ether oxygens (including phenoxy) is 1. The summed E-state index contributed by atoms with van der Waals surface area (Å²) in [5.74, 6) is -0.216. The zero-order chi connectivity index (χ0) is 21.3. The molecule has 5 nitrogen and oxygen atoms in total. The Balaban J connectivity index is 1.99. The second-order valence-electron chi connectivity index (χ2n) is 6.70. The van der Waals surface area contributed by atoms with Gasteiger partial charge in [0.05, 0.1) is 28.7 Å². The molecule has 0 saturated carbocycles. The molecule has 2 aromatic rings. The van der Waals surface area contributed by atoms with Crippen LogP contribution in [0.1, 0.15) is 22.3 Å². The van der Waals surface area contributed by atoms with Crippen molar-refractivity contribution in [2.75, 3.05) is 18.6 Å². The standard InChI is InChI=1S/C19H17Cl4NO4S/c1-28-18-16(22)6-12(7-17(18)23)19(25)24(14-4-5-29(26,27)10-14)9-11-2-3-13(20)8-15(11)21/h2-3,6-8,14H,4-5,9-10H2,1H3/t14-/m0/s1. The Bertz CT molecular complexity index is 1040. The van der Waals surface area contributed by atoms with Gasteiger partial charge >= 0.3 is 0 Å². The Labute approximate surface area is 189 Å². The predicted molar refractivity (Wildman–Crippen MR) is 116 cm³/mol. The number of hydrogen-bond donors (Lipinski definition) is 0. The van der Waals surface area contributed by atoms with Gasteiger partial charge in [-0.2, -0.15) is 0 Å². The van der Waals surface area contributed by atoms with E-state index in [9.17, 15) is 13.2 Å². The smallest absolute Gasteiger partial charge is 0.254 e. The first-order chi connectivity index (χ1) is 13.6. The number of nitrogens with zero attached hydrogens (tertiary/aromatic N) is 1. The van der Waals surface area contributed by atoms with Crippen molar-refractivity contribution in [3.8, 4) is 5.75 Å². The number of carbonyl (C=O) groups is 1. The number of amides is 1. The minimum absolute atomic E-state index is 0.0277. The molecule has 29 heavy (non-hydrogen) atoms. The summed E-state index contributed by atoms with van der Waals surface area (Å²) < 4.78 is 29.2. The van der Waals surface area contributed by atoms with Gasteiger partial charge in [-0.3, -0.25) is 4.79 Å². The first kappa shape index (κ1) is 22.5. The average molecular weight is 497 g/mol. The molecule has 1 saturated heterocycles. The first-order valence-electron chi connectivity index (χ1n) is 8.59. The second kappa shape index (κ2) is 8.90.